The summed E-state index contributed by atoms with van der Waals surface area (Å²) in [4.78, 5) is 0.283. The van der Waals surface area contributed by atoms with Gasteiger partial charge >= 0.3 is 0 Å². The van der Waals surface area contributed by atoms with Crippen LogP contribution < -0.4 is 4.31 Å². The average Bonchev–Trinajstić information content (AvgIpc) is 2.93. The van der Waals surface area contributed by atoms with Crippen molar-refractivity contribution in [2.75, 3.05) is 11.4 Å². The van der Waals surface area contributed by atoms with Gasteiger partial charge in [-0.15, -0.1) is 6.58 Å². The number of para-hydroxylation sites is 1. The van der Waals surface area contributed by atoms with Gasteiger partial charge in [0.05, 0.1) is 10.4 Å². The summed E-state index contributed by atoms with van der Waals surface area (Å²) in [7, 11) is -2.03. The summed E-state index contributed by atoms with van der Waals surface area (Å²) in [6, 6.07) is 16.6. The van der Waals surface area contributed by atoms with Gasteiger partial charge in [0, 0.05) is 19.0 Å². The normalized spacial score (nSPS) is 11.6. The van der Waals surface area contributed by atoms with Crippen LogP contribution in [0, 0.1) is 6.92 Å². The number of benzene rings is 2. The van der Waals surface area contributed by atoms with E-state index in [1.807, 2.05) is 41.8 Å². The zero-order valence-corrected chi connectivity index (χ0v) is 14.6. The molecule has 0 fully saturated rings. The number of fused-ring (bicyclic) bond motifs is 1. The molecule has 0 aliphatic heterocycles. The highest BCUT2D eigenvalue weighted by atomic mass is 32.2. The van der Waals surface area contributed by atoms with Crippen LogP contribution in [0.4, 0.5) is 5.82 Å². The molecule has 0 aliphatic rings. The molecule has 0 saturated heterocycles. The highest BCUT2D eigenvalue weighted by molar-refractivity contribution is 7.92. The van der Waals surface area contributed by atoms with Crippen LogP contribution in [-0.2, 0) is 16.6 Å². The summed E-state index contributed by atoms with van der Waals surface area (Å²) in [6.45, 7) is 6.25. The molecule has 0 N–H and O–H groups in total. The molecule has 0 amide bonds. The molecule has 0 spiro atoms. The van der Waals surface area contributed by atoms with Crippen molar-refractivity contribution in [3.63, 3.8) is 0 Å². The number of anilines is 1. The molecule has 1 aromatic heterocycles. The molecule has 5 heteroatoms. The average molecular weight is 340 g/mol. The number of aryl methyl sites for hydroxylation is 1. The van der Waals surface area contributed by atoms with Gasteiger partial charge in [-0.3, -0.25) is 4.31 Å². The molecule has 0 radical (unpaired) electrons. The topological polar surface area (TPSA) is 42.3 Å². The van der Waals surface area contributed by atoms with Crippen LogP contribution in [0.2, 0.25) is 0 Å². The number of nitrogens with zero attached hydrogens (tertiary/aromatic N) is 2. The minimum atomic E-state index is -3.62. The van der Waals surface area contributed by atoms with Crippen LogP contribution in [-0.4, -0.2) is 20.0 Å². The predicted molar refractivity (Wildman–Crippen MR) is 98.9 cm³/mol. The van der Waals surface area contributed by atoms with Gasteiger partial charge in [0.1, 0.15) is 5.82 Å². The highest BCUT2D eigenvalue weighted by Crippen LogP contribution is 2.29. The number of aromatic nitrogens is 1. The van der Waals surface area contributed by atoms with Gasteiger partial charge in [0.15, 0.2) is 0 Å². The summed E-state index contributed by atoms with van der Waals surface area (Å²) >= 11 is 0. The van der Waals surface area contributed by atoms with Gasteiger partial charge in [-0.1, -0.05) is 42.0 Å². The second kappa shape index (κ2) is 6.17. The van der Waals surface area contributed by atoms with Crippen molar-refractivity contribution in [3.8, 4) is 0 Å². The SMILES string of the molecule is C=CCn1c(N(C)S(=O)(=O)c2ccc(C)cc2)cc2ccccc21. The van der Waals surface area contributed by atoms with Crippen molar-refractivity contribution in [3.05, 3.63) is 72.8 Å². The Bertz CT molecular complexity index is 986. The van der Waals surface area contributed by atoms with Crippen LogP contribution in [0.15, 0.2) is 72.1 Å². The third-order valence-corrected chi connectivity index (χ3v) is 5.88. The lowest BCUT2D eigenvalue weighted by molar-refractivity contribution is 0.593. The maximum Gasteiger partial charge on any atom is 0.265 e. The Morgan fingerprint density at radius 3 is 2.46 bits per heavy atom. The lowest BCUT2D eigenvalue weighted by atomic mass is 10.2. The monoisotopic (exact) mass is 340 g/mol. The molecule has 0 aliphatic carbocycles. The molecular weight excluding hydrogens is 320 g/mol. The number of rotatable bonds is 5. The minimum Gasteiger partial charge on any atom is -0.323 e. The van der Waals surface area contributed by atoms with Gasteiger partial charge < -0.3 is 4.57 Å². The first kappa shape index (κ1) is 16.3. The third-order valence-electron chi connectivity index (χ3n) is 4.10. The fraction of sp³-hybridized carbons (Fsp3) is 0.158. The first-order chi connectivity index (χ1) is 11.4. The molecule has 24 heavy (non-hydrogen) atoms. The van der Waals surface area contributed by atoms with Gasteiger partial charge in [-0.2, -0.15) is 0 Å². The molecule has 2 aromatic carbocycles. The van der Waals surface area contributed by atoms with Gasteiger partial charge in [-0.05, 0) is 31.2 Å². The van der Waals surface area contributed by atoms with E-state index in [9.17, 15) is 8.42 Å². The first-order valence-corrected chi connectivity index (χ1v) is 9.14. The first-order valence-electron chi connectivity index (χ1n) is 7.70. The Balaban J connectivity index is 2.13. The third kappa shape index (κ3) is 2.71. The predicted octanol–water partition coefficient (Wildman–Crippen LogP) is 3.96. The fourth-order valence-corrected chi connectivity index (χ4v) is 3.96. The number of allylic oxidation sites excluding steroid dienone is 1. The molecule has 3 aromatic rings. The van der Waals surface area contributed by atoms with E-state index in [1.54, 1.807) is 37.4 Å². The van der Waals surface area contributed by atoms with E-state index in [0.717, 1.165) is 16.5 Å². The van der Waals surface area contributed by atoms with Crippen molar-refractivity contribution in [2.24, 2.45) is 0 Å². The quantitative estimate of drug-likeness (QED) is 0.660. The molecule has 4 nitrogen and oxygen atoms in total. The van der Waals surface area contributed by atoms with Crippen LogP contribution in [0.5, 0.6) is 0 Å². The second-order valence-corrected chi connectivity index (χ2v) is 7.72. The van der Waals surface area contributed by atoms with Crippen LogP contribution in [0.3, 0.4) is 0 Å². The van der Waals surface area contributed by atoms with Crippen LogP contribution in [0.25, 0.3) is 10.9 Å². The van der Waals surface area contributed by atoms with Crippen molar-refractivity contribution < 1.29 is 8.42 Å². The standard InChI is InChI=1S/C19H20N2O2S/c1-4-13-21-18-8-6-5-7-16(18)14-19(21)20(3)24(22,23)17-11-9-15(2)10-12-17/h4-12,14H,1,13H2,2-3H3. The van der Waals surface area contributed by atoms with Crippen molar-refractivity contribution in [1.82, 2.24) is 4.57 Å². The molecule has 0 atom stereocenters. The smallest absolute Gasteiger partial charge is 0.265 e. The Hall–Kier alpha value is -2.53. The Morgan fingerprint density at radius 1 is 1.12 bits per heavy atom. The van der Waals surface area contributed by atoms with Gasteiger partial charge in [0.2, 0.25) is 0 Å². The van der Waals surface area contributed by atoms with Crippen molar-refractivity contribution >= 4 is 26.7 Å². The van der Waals surface area contributed by atoms with Crippen LogP contribution in [0.1, 0.15) is 5.56 Å². The van der Waals surface area contributed by atoms with Gasteiger partial charge in [0.25, 0.3) is 10.0 Å². The van der Waals surface area contributed by atoms with E-state index in [2.05, 4.69) is 6.58 Å². The van der Waals surface area contributed by atoms with Gasteiger partial charge in [-0.25, -0.2) is 8.42 Å². The Morgan fingerprint density at radius 2 is 1.79 bits per heavy atom. The van der Waals surface area contributed by atoms with E-state index in [-0.39, 0.29) is 4.90 Å². The van der Waals surface area contributed by atoms with Crippen molar-refractivity contribution in [2.45, 2.75) is 18.4 Å². The molecular formula is C19H20N2O2S. The molecule has 0 unspecified atom stereocenters. The minimum absolute atomic E-state index is 0.283. The maximum absolute atomic E-state index is 13.0. The van der Waals surface area contributed by atoms with Crippen molar-refractivity contribution in [1.29, 1.82) is 0 Å². The van der Waals surface area contributed by atoms with E-state index in [4.69, 9.17) is 0 Å². The Labute approximate surface area is 142 Å². The van der Waals surface area contributed by atoms with E-state index in [0.29, 0.717) is 12.4 Å². The molecule has 3 rings (SSSR count). The van der Waals surface area contributed by atoms with E-state index < -0.39 is 10.0 Å². The highest BCUT2D eigenvalue weighted by Gasteiger charge is 2.24. The summed E-state index contributed by atoms with van der Waals surface area (Å²) in [5.41, 5.74) is 2.01. The zero-order chi connectivity index (χ0) is 17.3. The Kier molecular flexibility index (Phi) is 4.20. The fourth-order valence-electron chi connectivity index (χ4n) is 2.77. The van der Waals surface area contributed by atoms with E-state index >= 15 is 0 Å². The summed E-state index contributed by atoms with van der Waals surface area (Å²) in [6.07, 6.45) is 1.77. The number of hydrogen-bond acceptors (Lipinski definition) is 2. The molecule has 0 bridgehead atoms. The second-order valence-electron chi connectivity index (χ2n) is 5.75. The summed E-state index contributed by atoms with van der Waals surface area (Å²) < 4.78 is 29.2. The van der Waals surface area contributed by atoms with E-state index in [1.165, 1.54) is 4.31 Å². The largest absolute Gasteiger partial charge is 0.323 e. The molecule has 0 saturated carbocycles. The lowest BCUT2D eigenvalue weighted by Gasteiger charge is -2.21. The zero-order valence-electron chi connectivity index (χ0n) is 13.8. The molecule has 1 heterocycles. The number of sulfonamides is 1. The summed E-state index contributed by atoms with van der Waals surface area (Å²) in [5.74, 6) is 0.622. The van der Waals surface area contributed by atoms with Crippen LogP contribution >= 0.6 is 0 Å². The lowest BCUT2D eigenvalue weighted by Crippen LogP contribution is -2.28. The number of hydrogen-bond donors (Lipinski definition) is 0. The summed E-state index contributed by atoms with van der Waals surface area (Å²) in [5, 5.41) is 1.00. The maximum atomic E-state index is 13.0. The molecule has 124 valence electrons.